The van der Waals surface area contributed by atoms with Gasteiger partial charge >= 0.3 is 5.97 Å². The van der Waals surface area contributed by atoms with Gasteiger partial charge in [0.1, 0.15) is 17.1 Å². The van der Waals surface area contributed by atoms with Gasteiger partial charge in [-0.1, -0.05) is 11.6 Å². The molecule has 4 rings (SSSR count). The molecule has 1 saturated heterocycles. The summed E-state index contributed by atoms with van der Waals surface area (Å²) in [5.41, 5.74) is 4.00. The SMILES string of the molecule is COC(=O)c1ccc(N2NC(=O)C(=Cc3ccc(-c4ccc(Cl)cc4)o3)C2=O)cc1. The lowest BCUT2D eigenvalue weighted by Crippen LogP contribution is -2.35. The summed E-state index contributed by atoms with van der Waals surface area (Å²) in [6.45, 7) is 0. The summed E-state index contributed by atoms with van der Waals surface area (Å²) >= 11 is 5.90. The molecule has 0 aliphatic carbocycles. The summed E-state index contributed by atoms with van der Waals surface area (Å²) in [5.74, 6) is -0.633. The molecule has 0 saturated carbocycles. The number of ether oxygens (including phenoxy) is 1. The van der Waals surface area contributed by atoms with Crippen LogP contribution in [0.2, 0.25) is 5.02 Å². The van der Waals surface area contributed by atoms with Gasteiger partial charge < -0.3 is 9.15 Å². The number of amides is 2. The monoisotopic (exact) mass is 422 g/mol. The number of furan rings is 1. The van der Waals surface area contributed by atoms with Crippen LogP contribution in [0.1, 0.15) is 16.1 Å². The van der Waals surface area contributed by atoms with Crippen LogP contribution < -0.4 is 10.4 Å². The van der Waals surface area contributed by atoms with Crippen molar-refractivity contribution in [3.8, 4) is 11.3 Å². The molecule has 2 aromatic carbocycles. The number of nitrogens with one attached hydrogen (secondary N) is 1. The fourth-order valence-electron chi connectivity index (χ4n) is 2.95. The number of methoxy groups -OCH3 is 1. The van der Waals surface area contributed by atoms with Crippen LogP contribution in [0.15, 0.2) is 70.7 Å². The van der Waals surface area contributed by atoms with Crippen molar-refractivity contribution in [1.29, 1.82) is 0 Å². The standard InChI is InChI=1S/C22H15ClN2O5/c1-29-22(28)14-4-8-16(9-5-14)25-21(27)18(20(26)24-25)12-17-10-11-19(30-17)13-2-6-15(23)7-3-13/h2-12H,1H3,(H,24,26). The molecule has 2 amide bonds. The van der Waals surface area contributed by atoms with Crippen LogP contribution in [-0.4, -0.2) is 24.9 Å². The van der Waals surface area contributed by atoms with Gasteiger partial charge in [0.2, 0.25) is 0 Å². The molecular formula is C22H15ClN2O5. The molecule has 2 heterocycles. The smallest absolute Gasteiger partial charge is 0.337 e. The molecule has 1 fully saturated rings. The average molecular weight is 423 g/mol. The topological polar surface area (TPSA) is 88.8 Å². The predicted molar refractivity (Wildman–Crippen MR) is 111 cm³/mol. The molecule has 30 heavy (non-hydrogen) atoms. The number of benzene rings is 2. The minimum Gasteiger partial charge on any atom is -0.465 e. The summed E-state index contributed by atoms with van der Waals surface area (Å²) in [6, 6.07) is 16.6. The number of hydrogen-bond acceptors (Lipinski definition) is 5. The highest BCUT2D eigenvalue weighted by molar-refractivity contribution is 6.31. The molecule has 150 valence electrons. The van der Waals surface area contributed by atoms with Crippen molar-refractivity contribution in [2.24, 2.45) is 0 Å². The molecule has 3 aromatic rings. The first kappa shape index (κ1) is 19.5. The van der Waals surface area contributed by atoms with Crippen molar-refractivity contribution < 1.29 is 23.5 Å². The largest absolute Gasteiger partial charge is 0.465 e. The van der Waals surface area contributed by atoms with E-state index in [9.17, 15) is 14.4 Å². The highest BCUT2D eigenvalue weighted by Crippen LogP contribution is 2.27. The summed E-state index contributed by atoms with van der Waals surface area (Å²) in [6.07, 6.45) is 1.39. The highest BCUT2D eigenvalue weighted by Gasteiger charge is 2.34. The van der Waals surface area contributed by atoms with E-state index < -0.39 is 17.8 Å². The van der Waals surface area contributed by atoms with Crippen molar-refractivity contribution >= 4 is 41.1 Å². The molecule has 0 unspecified atom stereocenters. The lowest BCUT2D eigenvalue weighted by molar-refractivity contribution is -0.117. The van der Waals surface area contributed by atoms with Crippen molar-refractivity contribution in [2.75, 3.05) is 12.1 Å². The van der Waals surface area contributed by atoms with Gasteiger partial charge in [0, 0.05) is 10.6 Å². The fraction of sp³-hybridized carbons (Fsp3) is 0.0455. The first-order valence-electron chi connectivity index (χ1n) is 8.87. The Morgan fingerprint density at radius 2 is 1.73 bits per heavy atom. The molecule has 8 heteroatoms. The van der Waals surface area contributed by atoms with E-state index in [1.54, 1.807) is 36.4 Å². The van der Waals surface area contributed by atoms with Crippen molar-refractivity contribution in [2.45, 2.75) is 0 Å². The van der Waals surface area contributed by atoms with Gasteiger partial charge in [-0.2, -0.15) is 0 Å². The summed E-state index contributed by atoms with van der Waals surface area (Å²) < 4.78 is 10.4. The van der Waals surface area contributed by atoms with Gasteiger partial charge in [-0.3, -0.25) is 15.0 Å². The summed E-state index contributed by atoms with van der Waals surface area (Å²) in [5, 5.41) is 1.72. The van der Waals surface area contributed by atoms with Gasteiger partial charge in [0.25, 0.3) is 11.8 Å². The third-order valence-corrected chi connectivity index (χ3v) is 4.73. The second kappa shape index (κ2) is 7.88. The second-order valence-corrected chi connectivity index (χ2v) is 6.82. The Morgan fingerprint density at radius 3 is 2.40 bits per heavy atom. The molecule has 7 nitrogen and oxygen atoms in total. The zero-order valence-corrected chi connectivity index (χ0v) is 16.5. The van der Waals surface area contributed by atoms with Gasteiger partial charge in [-0.05, 0) is 66.7 Å². The third kappa shape index (κ3) is 3.70. The summed E-state index contributed by atoms with van der Waals surface area (Å²) in [7, 11) is 1.28. The van der Waals surface area contributed by atoms with Gasteiger partial charge in [-0.15, -0.1) is 0 Å². The predicted octanol–water partition coefficient (Wildman–Crippen LogP) is 3.85. The number of esters is 1. The zero-order chi connectivity index (χ0) is 21.3. The van der Waals surface area contributed by atoms with E-state index in [2.05, 4.69) is 10.2 Å². The van der Waals surface area contributed by atoms with Gasteiger partial charge in [-0.25, -0.2) is 9.80 Å². The lowest BCUT2D eigenvalue weighted by Gasteiger charge is -2.14. The van der Waals surface area contributed by atoms with E-state index in [4.69, 9.17) is 16.0 Å². The number of carbonyl (C=O) groups is 3. The van der Waals surface area contributed by atoms with Gasteiger partial charge in [0.15, 0.2) is 0 Å². The van der Waals surface area contributed by atoms with Crippen LogP contribution in [0.5, 0.6) is 0 Å². The maximum Gasteiger partial charge on any atom is 0.337 e. The minimum absolute atomic E-state index is 0.0657. The molecule has 1 aromatic heterocycles. The summed E-state index contributed by atoms with van der Waals surface area (Å²) in [4.78, 5) is 36.6. The highest BCUT2D eigenvalue weighted by atomic mass is 35.5. The number of hydrazine groups is 1. The zero-order valence-electron chi connectivity index (χ0n) is 15.7. The number of carbonyl (C=O) groups excluding carboxylic acids is 3. The van der Waals surface area contributed by atoms with Crippen LogP contribution >= 0.6 is 11.6 Å². The number of halogens is 1. The van der Waals surface area contributed by atoms with Crippen LogP contribution in [-0.2, 0) is 14.3 Å². The molecule has 1 N–H and O–H groups in total. The Bertz CT molecular complexity index is 1160. The first-order chi connectivity index (χ1) is 14.5. The Balaban J connectivity index is 1.56. The Labute approximate surface area is 176 Å². The van der Waals surface area contributed by atoms with Crippen molar-refractivity contribution in [3.63, 3.8) is 0 Å². The first-order valence-corrected chi connectivity index (χ1v) is 9.25. The van der Waals surface area contributed by atoms with Crippen LogP contribution in [0.4, 0.5) is 5.69 Å². The van der Waals surface area contributed by atoms with E-state index in [1.807, 2.05) is 12.1 Å². The molecule has 0 radical (unpaired) electrons. The molecule has 0 bridgehead atoms. The normalized spacial score (nSPS) is 14.9. The maximum absolute atomic E-state index is 12.7. The number of anilines is 1. The third-order valence-electron chi connectivity index (χ3n) is 4.48. The molecule has 0 spiro atoms. The van der Waals surface area contributed by atoms with E-state index in [1.165, 1.54) is 25.3 Å². The van der Waals surface area contributed by atoms with E-state index in [0.29, 0.717) is 27.8 Å². The number of hydrogen-bond donors (Lipinski definition) is 1. The molecule has 0 atom stereocenters. The van der Waals surface area contributed by atoms with E-state index in [-0.39, 0.29) is 5.57 Å². The number of rotatable bonds is 4. The minimum atomic E-state index is -0.554. The van der Waals surface area contributed by atoms with Gasteiger partial charge in [0.05, 0.1) is 18.4 Å². The molecular weight excluding hydrogens is 408 g/mol. The maximum atomic E-state index is 12.7. The van der Waals surface area contributed by atoms with Crippen LogP contribution in [0.25, 0.3) is 17.4 Å². The Morgan fingerprint density at radius 1 is 1.03 bits per heavy atom. The van der Waals surface area contributed by atoms with Crippen molar-refractivity contribution in [1.82, 2.24) is 5.43 Å². The average Bonchev–Trinajstić information content (AvgIpc) is 3.34. The number of nitrogens with zero attached hydrogens (tertiary/aromatic N) is 1. The Hall–Kier alpha value is -3.84. The molecule has 1 aliphatic heterocycles. The quantitative estimate of drug-likeness (QED) is 0.392. The Kier molecular flexibility index (Phi) is 5.12. The molecule has 1 aliphatic rings. The lowest BCUT2D eigenvalue weighted by atomic mass is 10.2. The second-order valence-electron chi connectivity index (χ2n) is 6.39. The van der Waals surface area contributed by atoms with Crippen LogP contribution in [0, 0.1) is 0 Å². The van der Waals surface area contributed by atoms with Crippen LogP contribution in [0.3, 0.4) is 0 Å². The fourth-order valence-corrected chi connectivity index (χ4v) is 3.07. The van der Waals surface area contributed by atoms with E-state index in [0.717, 1.165) is 10.6 Å². The van der Waals surface area contributed by atoms with Crippen molar-refractivity contribution in [3.05, 3.63) is 82.6 Å². The van der Waals surface area contributed by atoms with E-state index >= 15 is 0 Å².